The van der Waals surface area contributed by atoms with Crippen LogP contribution in [0.4, 0.5) is 17.5 Å². The van der Waals surface area contributed by atoms with Gasteiger partial charge in [-0.05, 0) is 5.56 Å². The van der Waals surface area contributed by atoms with Crippen molar-refractivity contribution in [3.05, 3.63) is 76.3 Å². The minimum Gasteiger partial charge on any atom is -0.366 e. The lowest BCUT2D eigenvalue weighted by atomic mass is 10.1. The molecule has 0 amide bonds. The van der Waals surface area contributed by atoms with E-state index in [0.717, 1.165) is 16.8 Å². The first-order valence-corrected chi connectivity index (χ1v) is 7.75. The van der Waals surface area contributed by atoms with Gasteiger partial charge >= 0.3 is 0 Å². The van der Waals surface area contributed by atoms with Crippen molar-refractivity contribution in [2.75, 3.05) is 17.7 Å². The molecule has 0 aliphatic heterocycles. The van der Waals surface area contributed by atoms with Gasteiger partial charge < -0.3 is 10.6 Å². The molecule has 0 aliphatic rings. The summed E-state index contributed by atoms with van der Waals surface area (Å²) in [6.07, 6.45) is 0. The number of anilines is 2. The van der Waals surface area contributed by atoms with E-state index < -0.39 is 4.92 Å². The van der Waals surface area contributed by atoms with Crippen LogP contribution in [-0.4, -0.2) is 21.9 Å². The third-order valence-corrected chi connectivity index (χ3v) is 3.61. The van der Waals surface area contributed by atoms with Crippen molar-refractivity contribution in [2.24, 2.45) is 0 Å². The standard InChI is InChI=1S/C18H17N5O2/c1-19-18-21-16(14-7-3-2-4-8-14)11-17(22-18)20-12-13-6-5-9-15(10-13)23(24)25/h2-11H,12H2,1H3,(H2,19,20,21,22). The molecule has 0 saturated carbocycles. The Hall–Kier alpha value is -3.48. The molecule has 1 aromatic heterocycles. The van der Waals surface area contributed by atoms with Crippen LogP contribution in [0.3, 0.4) is 0 Å². The van der Waals surface area contributed by atoms with Crippen molar-refractivity contribution in [1.82, 2.24) is 9.97 Å². The maximum atomic E-state index is 10.9. The van der Waals surface area contributed by atoms with Crippen LogP contribution in [0, 0.1) is 10.1 Å². The zero-order valence-electron chi connectivity index (χ0n) is 13.6. The van der Waals surface area contributed by atoms with Crippen LogP contribution in [0.1, 0.15) is 5.56 Å². The van der Waals surface area contributed by atoms with E-state index in [1.807, 2.05) is 42.5 Å². The van der Waals surface area contributed by atoms with Crippen molar-refractivity contribution in [1.29, 1.82) is 0 Å². The molecule has 7 nitrogen and oxygen atoms in total. The maximum absolute atomic E-state index is 10.9. The van der Waals surface area contributed by atoms with Crippen LogP contribution >= 0.6 is 0 Å². The van der Waals surface area contributed by atoms with Gasteiger partial charge in [-0.2, -0.15) is 4.98 Å². The highest BCUT2D eigenvalue weighted by Crippen LogP contribution is 2.22. The van der Waals surface area contributed by atoms with Crippen LogP contribution in [0.5, 0.6) is 0 Å². The number of hydrogen-bond donors (Lipinski definition) is 2. The largest absolute Gasteiger partial charge is 0.366 e. The van der Waals surface area contributed by atoms with Crippen molar-refractivity contribution >= 4 is 17.5 Å². The molecular weight excluding hydrogens is 318 g/mol. The molecule has 2 aromatic carbocycles. The summed E-state index contributed by atoms with van der Waals surface area (Å²) in [5.41, 5.74) is 2.66. The number of rotatable bonds is 6. The summed E-state index contributed by atoms with van der Waals surface area (Å²) in [5.74, 6) is 1.15. The minimum atomic E-state index is -0.402. The minimum absolute atomic E-state index is 0.0721. The van der Waals surface area contributed by atoms with Crippen LogP contribution in [0.15, 0.2) is 60.7 Å². The summed E-state index contributed by atoms with van der Waals surface area (Å²) >= 11 is 0. The SMILES string of the molecule is CNc1nc(NCc2cccc([N+](=O)[O-])c2)cc(-c2ccccc2)n1. The van der Waals surface area contributed by atoms with Crippen molar-refractivity contribution < 1.29 is 4.92 Å². The third-order valence-electron chi connectivity index (χ3n) is 3.61. The van der Waals surface area contributed by atoms with E-state index >= 15 is 0 Å². The molecule has 3 rings (SSSR count). The lowest BCUT2D eigenvalue weighted by Crippen LogP contribution is -2.05. The van der Waals surface area contributed by atoms with E-state index in [9.17, 15) is 10.1 Å². The lowest BCUT2D eigenvalue weighted by molar-refractivity contribution is -0.384. The van der Waals surface area contributed by atoms with E-state index in [4.69, 9.17) is 0 Å². The maximum Gasteiger partial charge on any atom is 0.269 e. The molecular formula is C18H17N5O2. The van der Waals surface area contributed by atoms with E-state index in [1.54, 1.807) is 19.2 Å². The van der Waals surface area contributed by atoms with E-state index in [2.05, 4.69) is 20.6 Å². The molecule has 0 aliphatic carbocycles. The number of aromatic nitrogens is 2. The number of nitrogens with one attached hydrogen (secondary N) is 2. The first-order chi connectivity index (χ1) is 12.2. The molecule has 0 unspecified atom stereocenters. The van der Waals surface area contributed by atoms with Gasteiger partial charge in [0.1, 0.15) is 5.82 Å². The molecule has 0 spiro atoms. The zero-order valence-corrected chi connectivity index (χ0v) is 13.6. The summed E-state index contributed by atoms with van der Waals surface area (Å²) in [5, 5.41) is 17.0. The van der Waals surface area contributed by atoms with Gasteiger partial charge in [0.15, 0.2) is 0 Å². The fourth-order valence-electron chi connectivity index (χ4n) is 2.38. The van der Waals surface area contributed by atoms with Gasteiger partial charge in [0.25, 0.3) is 5.69 Å². The molecule has 3 aromatic rings. The topological polar surface area (TPSA) is 93.0 Å². The van der Waals surface area contributed by atoms with Crippen LogP contribution in [-0.2, 0) is 6.54 Å². The lowest BCUT2D eigenvalue weighted by Gasteiger charge is -2.10. The number of nitrogens with zero attached hydrogens (tertiary/aromatic N) is 3. The van der Waals surface area contributed by atoms with E-state index in [1.165, 1.54) is 6.07 Å². The van der Waals surface area contributed by atoms with E-state index in [0.29, 0.717) is 18.3 Å². The summed E-state index contributed by atoms with van der Waals surface area (Å²) in [6.45, 7) is 0.427. The Balaban J connectivity index is 1.83. The molecule has 1 heterocycles. The van der Waals surface area contributed by atoms with Crippen molar-refractivity contribution in [3.8, 4) is 11.3 Å². The third kappa shape index (κ3) is 4.08. The molecule has 126 valence electrons. The second-order valence-corrected chi connectivity index (χ2v) is 5.36. The second-order valence-electron chi connectivity index (χ2n) is 5.36. The Bertz CT molecular complexity index is 884. The van der Waals surface area contributed by atoms with Gasteiger partial charge in [-0.25, -0.2) is 4.98 Å². The van der Waals surface area contributed by atoms with Gasteiger partial charge in [0.2, 0.25) is 5.95 Å². The van der Waals surface area contributed by atoms with Crippen molar-refractivity contribution in [2.45, 2.75) is 6.54 Å². The van der Waals surface area contributed by atoms with Gasteiger partial charge in [-0.3, -0.25) is 10.1 Å². The normalized spacial score (nSPS) is 10.3. The Kier molecular flexibility index (Phi) is 4.84. The molecule has 0 atom stereocenters. The zero-order chi connectivity index (χ0) is 17.6. The predicted molar refractivity (Wildman–Crippen MR) is 97.4 cm³/mol. The van der Waals surface area contributed by atoms with Gasteiger partial charge in [0.05, 0.1) is 10.6 Å². The number of hydrogen-bond acceptors (Lipinski definition) is 6. The van der Waals surface area contributed by atoms with Gasteiger partial charge in [0, 0.05) is 37.4 Å². The highest BCUT2D eigenvalue weighted by atomic mass is 16.6. The second kappa shape index (κ2) is 7.39. The first kappa shape index (κ1) is 16.4. The van der Waals surface area contributed by atoms with Gasteiger partial charge in [-0.1, -0.05) is 42.5 Å². The number of non-ortho nitro benzene ring substituents is 1. The Morgan fingerprint density at radius 1 is 1.04 bits per heavy atom. The summed E-state index contributed by atoms with van der Waals surface area (Å²) < 4.78 is 0. The highest BCUT2D eigenvalue weighted by Gasteiger charge is 2.08. The number of nitro groups is 1. The predicted octanol–water partition coefficient (Wildman–Crippen LogP) is 3.71. The first-order valence-electron chi connectivity index (χ1n) is 7.75. The number of benzene rings is 2. The van der Waals surface area contributed by atoms with Crippen molar-refractivity contribution in [3.63, 3.8) is 0 Å². The Labute approximate surface area is 144 Å². The molecule has 0 radical (unpaired) electrons. The quantitative estimate of drug-likeness (QED) is 0.527. The Morgan fingerprint density at radius 3 is 2.56 bits per heavy atom. The fourth-order valence-corrected chi connectivity index (χ4v) is 2.38. The summed E-state index contributed by atoms with van der Waals surface area (Å²) in [4.78, 5) is 19.3. The molecule has 2 N–H and O–H groups in total. The average molecular weight is 335 g/mol. The molecule has 0 saturated heterocycles. The summed E-state index contributed by atoms with van der Waals surface area (Å²) in [7, 11) is 1.76. The summed E-state index contributed by atoms with van der Waals surface area (Å²) in [6, 6.07) is 18.2. The molecule has 0 fully saturated rings. The van der Waals surface area contributed by atoms with E-state index in [-0.39, 0.29) is 5.69 Å². The fraction of sp³-hybridized carbons (Fsp3) is 0.111. The highest BCUT2D eigenvalue weighted by molar-refractivity contribution is 5.64. The smallest absolute Gasteiger partial charge is 0.269 e. The molecule has 7 heteroatoms. The van der Waals surface area contributed by atoms with Crippen LogP contribution in [0.25, 0.3) is 11.3 Å². The average Bonchev–Trinajstić information content (AvgIpc) is 2.67. The molecule has 25 heavy (non-hydrogen) atoms. The monoisotopic (exact) mass is 335 g/mol. The molecule has 0 bridgehead atoms. The van der Waals surface area contributed by atoms with Crippen LogP contribution < -0.4 is 10.6 Å². The Morgan fingerprint density at radius 2 is 1.84 bits per heavy atom. The van der Waals surface area contributed by atoms with Crippen LogP contribution in [0.2, 0.25) is 0 Å². The number of nitro benzene ring substituents is 1. The van der Waals surface area contributed by atoms with Gasteiger partial charge in [-0.15, -0.1) is 0 Å².